The van der Waals surface area contributed by atoms with E-state index in [0.29, 0.717) is 5.92 Å². The molecule has 3 rings (SSSR count). The Hall–Kier alpha value is -1.17. The maximum atomic E-state index is 6.02. The minimum atomic E-state index is 0.189. The molecule has 0 aromatic carbocycles. The van der Waals surface area contributed by atoms with Crippen molar-refractivity contribution in [1.29, 1.82) is 0 Å². The van der Waals surface area contributed by atoms with E-state index in [4.69, 9.17) is 4.74 Å². The number of aromatic nitrogens is 2. The minimum Gasteiger partial charge on any atom is -0.373 e. The summed E-state index contributed by atoms with van der Waals surface area (Å²) >= 11 is 1.75. The lowest BCUT2D eigenvalue weighted by Gasteiger charge is -2.19. The lowest BCUT2D eigenvalue weighted by Crippen LogP contribution is -2.25. The minimum absolute atomic E-state index is 0.189. The lowest BCUT2D eigenvalue weighted by atomic mass is 9.94. The van der Waals surface area contributed by atoms with Gasteiger partial charge in [0.2, 0.25) is 0 Å². The maximum absolute atomic E-state index is 6.02. The highest BCUT2D eigenvalue weighted by atomic mass is 32.1. The highest BCUT2D eigenvalue weighted by Gasteiger charge is 2.33. The van der Waals surface area contributed by atoms with Gasteiger partial charge < -0.3 is 10.1 Å². The molecular weight excluding hydrogens is 282 g/mol. The molecule has 0 saturated carbocycles. The molecule has 114 valence electrons. The molecule has 4 nitrogen and oxygen atoms in total. The van der Waals surface area contributed by atoms with Gasteiger partial charge in [-0.25, -0.2) is 0 Å². The third-order valence-electron chi connectivity index (χ3n) is 4.38. The second kappa shape index (κ2) is 6.30. The van der Waals surface area contributed by atoms with Gasteiger partial charge in [-0.2, -0.15) is 16.4 Å². The van der Waals surface area contributed by atoms with Crippen LogP contribution in [0.1, 0.15) is 35.0 Å². The molecule has 2 aromatic heterocycles. The van der Waals surface area contributed by atoms with E-state index in [1.807, 2.05) is 11.7 Å². The van der Waals surface area contributed by atoms with Crippen molar-refractivity contribution >= 4 is 11.3 Å². The summed E-state index contributed by atoms with van der Waals surface area (Å²) in [6, 6.07) is 2.18. The summed E-state index contributed by atoms with van der Waals surface area (Å²) in [5.41, 5.74) is 4.98. The van der Waals surface area contributed by atoms with Crippen LogP contribution in [0.4, 0.5) is 0 Å². The Labute approximate surface area is 130 Å². The molecular formula is C16H23N3OS. The zero-order valence-electron chi connectivity index (χ0n) is 12.9. The first kappa shape index (κ1) is 14.8. The largest absolute Gasteiger partial charge is 0.373 e. The van der Waals surface area contributed by atoms with Gasteiger partial charge in [0.25, 0.3) is 0 Å². The van der Waals surface area contributed by atoms with Crippen LogP contribution in [-0.4, -0.2) is 22.9 Å². The molecule has 1 N–H and O–H groups in total. The van der Waals surface area contributed by atoms with Gasteiger partial charge in [-0.3, -0.25) is 4.68 Å². The van der Waals surface area contributed by atoms with Crippen molar-refractivity contribution in [3.8, 4) is 0 Å². The highest BCUT2D eigenvalue weighted by Crippen LogP contribution is 2.37. The molecule has 1 aliphatic heterocycles. The summed E-state index contributed by atoms with van der Waals surface area (Å²) in [5, 5.41) is 12.4. The Bertz CT molecular complexity index is 591. The van der Waals surface area contributed by atoms with E-state index in [2.05, 4.69) is 41.1 Å². The molecule has 2 aromatic rings. The Kier molecular flexibility index (Phi) is 4.42. The fraction of sp³-hybridized carbons (Fsp3) is 0.562. The van der Waals surface area contributed by atoms with Crippen LogP contribution < -0.4 is 5.32 Å². The van der Waals surface area contributed by atoms with E-state index in [0.717, 1.165) is 31.8 Å². The first-order chi connectivity index (χ1) is 10.2. The second-order valence-corrected chi connectivity index (χ2v) is 6.59. The summed E-state index contributed by atoms with van der Waals surface area (Å²) in [5.74, 6) is 0.533. The molecule has 3 heterocycles. The molecule has 0 spiro atoms. The molecule has 21 heavy (non-hydrogen) atoms. The molecule has 0 amide bonds. The van der Waals surface area contributed by atoms with E-state index in [9.17, 15) is 0 Å². The smallest absolute Gasteiger partial charge is 0.0901 e. The number of hydrogen-bond acceptors (Lipinski definition) is 4. The van der Waals surface area contributed by atoms with Crippen LogP contribution in [0.3, 0.4) is 0 Å². The van der Waals surface area contributed by atoms with Crippen molar-refractivity contribution in [3.05, 3.63) is 39.3 Å². The number of rotatable bonds is 5. The molecule has 2 atom stereocenters. The standard InChI is InChI=1S/C16H23N3OS/c1-11-15(12(2)19(3)18-11)16-14(4-6-20-16)9-17-8-13-5-7-21-10-13/h5,7,10,14,16-17H,4,6,8-9H2,1-3H3. The van der Waals surface area contributed by atoms with Gasteiger partial charge in [0, 0.05) is 43.9 Å². The third kappa shape index (κ3) is 3.05. The van der Waals surface area contributed by atoms with Gasteiger partial charge in [0.15, 0.2) is 0 Å². The summed E-state index contributed by atoms with van der Waals surface area (Å²) in [6.45, 7) is 7.00. The zero-order chi connectivity index (χ0) is 14.8. The maximum Gasteiger partial charge on any atom is 0.0901 e. The molecule has 1 aliphatic rings. The molecule has 0 bridgehead atoms. The van der Waals surface area contributed by atoms with Crippen molar-refractivity contribution in [2.45, 2.75) is 32.9 Å². The van der Waals surface area contributed by atoms with E-state index in [1.165, 1.54) is 16.8 Å². The summed E-state index contributed by atoms with van der Waals surface area (Å²) < 4.78 is 7.98. The van der Waals surface area contributed by atoms with Crippen LogP contribution in [0.25, 0.3) is 0 Å². The fourth-order valence-electron chi connectivity index (χ4n) is 3.16. The van der Waals surface area contributed by atoms with E-state index < -0.39 is 0 Å². The second-order valence-electron chi connectivity index (χ2n) is 5.81. The number of hydrogen-bond donors (Lipinski definition) is 1. The van der Waals surface area contributed by atoms with E-state index in [1.54, 1.807) is 11.3 Å². The van der Waals surface area contributed by atoms with Crippen molar-refractivity contribution in [3.63, 3.8) is 0 Å². The van der Waals surface area contributed by atoms with Gasteiger partial charge in [-0.1, -0.05) is 0 Å². The Morgan fingerprint density at radius 1 is 1.48 bits per heavy atom. The Morgan fingerprint density at radius 2 is 2.33 bits per heavy atom. The van der Waals surface area contributed by atoms with Gasteiger partial charge in [0.1, 0.15) is 0 Å². The van der Waals surface area contributed by atoms with Crippen molar-refractivity contribution in [2.75, 3.05) is 13.2 Å². The number of nitrogens with one attached hydrogen (secondary N) is 1. The molecule has 0 aliphatic carbocycles. The average molecular weight is 305 g/mol. The number of aryl methyl sites for hydroxylation is 2. The quantitative estimate of drug-likeness (QED) is 0.923. The van der Waals surface area contributed by atoms with Crippen molar-refractivity contribution < 1.29 is 4.74 Å². The molecule has 1 fully saturated rings. The third-order valence-corrected chi connectivity index (χ3v) is 5.11. The normalized spacial score (nSPS) is 22.0. The predicted octanol–water partition coefficient (Wildman–Crippen LogP) is 2.97. The number of thiophene rings is 1. The Balaban J connectivity index is 1.65. The summed E-state index contributed by atoms with van der Waals surface area (Å²) in [6.07, 6.45) is 1.31. The van der Waals surface area contributed by atoms with Gasteiger partial charge in [0.05, 0.1) is 11.8 Å². The van der Waals surface area contributed by atoms with Crippen LogP contribution in [0.2, 0.25) is 0 Å². The number of nitrogens with zero attached hydrogens (tertiary/aromatic N) is 2. The van der Waals surface area contributed by atoms with Gasteiger partial charge in [-0.15, -0.1) is 0 Å². The van der Waals surface area contributed by atoms with Crippen LogP contribution in [0, 0.1) is 19.8 Å². The SMILES string of the molecule is Cc1nn(C)c(C)c1C1OCCC1CNCc1ccsc1. The molecule has 1 saturated heterocycles. The lowest BCUT2D eigenvalue weighted by molar-refractivity contribution is 0.0893. The molecule has 5 heteroatoms. The van der Waals surface area contributed by atoms with Crippen molar-refractivity contribution in [1.82, 2.24) is 15.1 Å². The summed E-state index contributed by atoms with van der Waals surface area (Å²) in [7, 11) is 2.00. The van der Waals surface area contributed by atoms with Crippen LogP contribution in [0.5, 0.6) is 0 Å². The Morgan fingerprint density at radius 3 is 3.00 bits per heavy atom. The first-order valence-electron chi connectivity index (χ1n) is 7.50. The fourth-order valence-corrected chi connectivity index (χ4v) is 3.83. The topological polar surface area (TPSA) is 39.1 Å². The zero-order valence-corrected chi connectivity index (χ0v) is 13.7. The molecule has 0 radical (unpaired) electrons. The van der Waals surface area contributed by atoms with Crippen molar-refractivity contribution in [2.24, 2.45) is 13.0 Å². The number of ether oxygens (including phenoxy) is 1. The van der Waals surface area contributed by atoms with E-state index in [-0.39, 0.29) is 6.10 Å². The summed E-state index contributed by atoms with van der Waals surface area (Å²) in [4.78, 5) is 0. The average Bonchev–Trinajstić information content (AvgIpc) is 3.15. The predicted molar refractivity (Wildman–Crippen MR) is 85.5 cm³/mol. The van der Waals surface area contributed by atoms with Gasteiger partial charge in [-0.05, 0) is 42.7 Å². The highest BCUT2D eigenvalue weighted by molar-refractivity contribution is 7.07. The van der Waals surface area contributed by atoms with Crippen LogP contribution in [-0.2, 0) is 18.3 Å². The monoisotopic (exact) mass is 305 g/mol. The van der Waals surface area contributed by atoms with E-state index >= 15 is 0 Å². The van der Waals surface area contributed by atoms with Crippen LogP contribution in [0.15, 0.2) is 16.8 Å². The van der Waals surface area contributed by atoms with Crippen LogP contribution >= 0.6 is 11.3 Å². The first-order valence-corrected chi connectivity index (χ1v) is 8.44. The van der Waals surface area contributed by atoms with Gasteiger partial charge >= 0.3 is 0 Å². The molecule has 2 unspecified atom stereocenters.